The zero-order valence-electron chi connectivity index (χ0n) is 10.9. The van der Waals surface area contributed by atoms with E-state index in [0.29, 0.717) is 0 Å². The van der Waals surface area contributed by atoms with E-state index in [1.54, 1.807) is 0 Å². The fraction of sp³-hybridized carbons (Fsp3) is 0.571. The highest BCUT2D eigenvalue weighted by molar-refractivity contribution is 8.00. The van der Waals surface area contributed by atoms with Crippen molar-refractivity contribution in [3.63, 3.8) is 0 Å². The predicted molar refractivity (Wildman–Crippen MR) is 82.8 cm³/mol. The molecular formula is C14H21Cl2OP. The number of rotatable bonds is 9. The summed E-state index contributed by atoms with van der Waals surface area (Å²) in [5, 5.41) is 0. The fourth-order valence-corrected chi connectivity index (χ4v) is 2.67. The molecule has 0 amide bonds. The lowest BCUT2D eigenvalue weighted by atomic mass is 10.1. The Kier molecular flexibility index (Phi) is 8.84. The van der Waals surface area contributed by atoms with Gasteiger partial charge in [-0.2, -0.15) is 0 Å². The lowest BCUT2D eigenvalue weighted by molar-refractivity contribution is 0.606. The molecule has 102 valence electrons. The van der Waals surface area contributed by atoms with Gasteiger partial charge in [0.2, 0.25) is 0 Å². The molecule has 1 rings (SSSR count). The monoisotopic (exact) mass is 306 g/mol. The molecule has 0 aliphatic heterocycles. The standard InChI is InChI=1S/C14H21Cl2OP/c1-2-3-4-5-6-7-8-13-9-11-14(12-10-13)17-18(15)16/h9-12H,2-8H2,1H3. The smallest absolute Gasteiger partial charge is 0.284 e. The van der Waals surface area contributed by atoms with Gasteiger partial charge in [-0.1, -0.05) is 51.2 Å². The van der Waals surface area contributed by atoms with Crippen LogP contribution in [-0.4, -0.2) is 0 Å². The van der Waals surface area contributed by atoms with Gasteiger partial charge in [-0.25, -0.2) is 0 Å². The third kappa shape index (κ3) is 7.46. The Morgan fingerprint density at radius 2 is 1.56 bits per heavy atom. The second-order valence-corrected chi connectivity index (χ2v) is 7.40. The van der Waals surface area contributed by atoms with Gasteiger partial charge >= 0.3 is 0 Å². The van der Waals surface area contributed by atoms with E-state index in [0.717, 1.165) is 12.2 Å². The van der Waals surface area contributed by atoms with Crippen LogP contribution < -0.4 is 4.52 Å². The van der Waals surface area contributed by atoms with Gasteiger partial charge in [0.1, 0.15) is 5.75 Å². The number of halogens is 2. The molecule has 0 atom stereocenters. The van der Waals surface area contributed by atoms with Crippen LogP contribution in [0, 0.1) is 0 Å². The molecule has 0 aromatic heterocycles. The van der Waals surface area contributed by atoms with Crippen molar-refractivity contribution in [1.29, 1.82) is 0 Å². The van der Waals surface area contributed by atoms with Crippen molar-refractivity contribution in [3.05, 3.63) is 29.8 Å². The van der Waals surface area contributed by atoms with Crippen LogP contribution in [0.2, 0.25) is 0 Å². The first-order valence-electron chi connectivity index (χ1n) is 6.61. The number of hydrogen-bond acceptors (Lipinski definition) is 1. The molecule has 0 saturated heterocycles. The quantitative estimate of drug-likeness (QED) is 0.365. The van der Waals surface area contributed by atoms with E-state index in [1.807, 2.05) is 12.1 Å². The number of benzene rings is 1. The van der Waals surface area contributed by atoms with Crippen LogP contribution in [0.3, 0.4) is 0 Å². The Bertz CT molecular complexity index is 314. The Labute approximate surface area is 121 Å². The van der Waals surface area contributed by atoms with Crippen molar-refractivity contribution < 1.29 is 4.52 Å². The third-order valence-corrected chi connectivity index (χ3v) is 3.68. The van der Waals surface area contributed by atoms with Gasteiger partial charge in [0.25, 0.3) is 6.85 Å². The maximum absolute atomic E-state index is 5.60. The van der Waals surface area contributed by atoms with E-state index in [1.165, 1.54) is 44.1 Å². The number of unbranched alkanes of at least 4 members (excludes halogenated alkanes) is 5. The summed E-state index contributed by atoms with van der Waals surface area (Å²) in [6.07, 6.45) is 9.14. The minimum absolute atomic E-state index is 0.748. The van der Waals surface area contributed by atoms with E-state index in [-0.39, 0.29) is 0 Å². The lowest BCUT2D eigenvalue weighted by Crippen LogP contribution is -1.87. The van der Waals surface area contributed by atoms with Crippen LogP contribution in [0.1, 0.15) is 51.0 Å². The van der Waals surface area contributed by atoms with Gasteiger partial charge in [-0.05, 0) is 53.0 Å². The molecule has 0 bridgehead atoms. The molecule has 0 aliphatic carbocycles. The first-order valence-corrected chi connectivity index (χ1v) is 9.68. The Morgan fingerprint density at radius 1 is 0.944 bits per heavy atom. The summed E-state index contributed by atoms with van der Waals surface area (Å²) in [5.41, 5.74) is 1.35. The number of hydrogen-bond donors (Lipinski definition) is 0. The molecular weight excluding hydrogens is 286 g/mol. The van der Waals surface area contributed by atoms with Gasteiger partial charge < -0.3 is 4.52 Å². The minimum Gasteiger partial charge on any atom is -0.445 e. The molecule has 0 saturated carbocycles. The fourth-order valence-electron chi connectivity index (χ4n) is 1.91. The van der Waals surface area contributed by atoms with Gasteiger partial charge in [-0.3, -0.25) is 0 Å². The highest BCUT2D eigenvalue weighted by Gasteiger charge is 2.02. The molecule has 0 fully saturated rings. The largest absolute Gasteiger partial charge is 0.445 e. The molecule has 0 N–H and O–H groups in total. The predicted octanol–water partition coefficient (Wildman–Crippen LogP) is 6.67. The average molecular weight is 307 g/mol. The topological polar surface area (TPSA) is 9.23 Å². The van der Waals surface area contributed by atoms with Crippen LogP contribution in [0.15, 0.2) is 24.3 Å². The summed E-state index contributed by atoms with van der Waals surface area (Å²) in [7, 11) is 0. The summed E-state index contributed by atoms with van der Waals surface area (Å²) < 4.78 is 5.23. The molecule has 0 aliphatic rings. The molecule has 1 aromatic rings. The van der Waals surface area contributed by atoms with E-state index < -0.39 is 6.85 Å². The summed E-state index contributed by atoms with van der Waals surface area (Å²) in [6.45, 7) is 0.886. The van der Waals surface area contributed by atoms with Crippen molar-refractivity contribution in [3.8, 4) is 5.75 Å². The first-order chi connectivity index (χ1) is 8.72. The second kappa shape index (κ2) is 9.89. The van der Waals surface area contributed by atoms with E-state index in [9.17, 15) is 0 Å². The molecule has 0 spiro atoms. The van der Waals surface area contributed by atoms with Gasteiger partial charge in [-0.15, -0.1) is 0 Å². The van der Waals surface area contributed by atoms with Crippen molar-refractivity contribution in [2.45, 2.75) is 51.9 Å². The van der Waals surface area contributed by atoms with Crippen LogP contribution >= 0.6 is 29.3 Å². The van der Waals surface area contributed by atoms with E-state index in [4.69, 9.17) is 27.0 Å². The van der Waals surface area contributed by atoms with Crippen molar-refractivity contribution in [1.82, 2.24) is 0 Å². The van der Waals surface area contributed by atoms with E-state index >= 15 is 0 Å². The molecule has 1 nitrogen and oxygen atoms in total. The molecule has 0 heterocycles. The van der Waals surface area contributed by atoms with Crippen molar-refractivity contribution in [2.75, 3.05) is 0 Å². The average Bonchev–Trinajstić information content (AvgIpc) is 2.35. The second-order valence-electron chi connectivity index (χ2n) is 4.45. The summed E-state index contributed by atoms with van der Waals surface area (Å²) in [4.78, 5) is 0. The molecule has 18 heavy (non-hydrogen) atoms. The third-order valence-electron chi connectivity index (χ3n) is 2.92. The highest BCUT2D eigenvalue weighted by atomic mass is 35.9. The van der Waals surface area contributed by atoms with Gasteiger partial charge in [0.05, 0.1) is 0 Å². The SMILES string of the molecule is CCCCCCCCc1ccc(OP(Cl)Cl)cc1. The number of aryl methyl sites for hydroxylation is 1. The highest BCUT2D eigenvalue weighted by Crippen LogP contribution is 2.47. The van der Waals surface area contributed by atoms with Crippen LogP contribution in [0.25, 0.3) is 0 Å². The van der Waals surface area contributed by atoms with Gasteiger partial charge in [0, 0.05) is 0 Å². The summed E-state index contributed by atoms with van der Waals surface area (Å²) in [5.74, 6) is 0.748. The Hall–Kier alpha value is 0.0300. The summed E-state index contributed by atoms with van der Waals surface area (Å²) >= 11 is 11.2. The van der Waals surface area contributed by atoms with Crippen LogP contribution in [0.4, 0.5) is 0 Å². The molecule has 0 unspecified atom stereocenters. The first kappa shape index (κ1) is 16.1. The van der Waals surface area contributed by atoms with Crippen molar-refractivity contribution >= 4 is 29.3 Å². The normalized spacial score (nSPS) is 10.9. The molecule has 0 radical (unpaired) electrons. The zero-order chi connectivity index (χ0) is 13.2. The van der Waals surface area contributed by atoms with Crippen LogP contribution in [-0.2, 0) is 6.42 Å². The Balaban J connectivity index is 2.18. The zero-order valence-corrected chi connectivity index (χ0v) is 13.3. The maximum atomic E-state index is 5.60. The van der Waals surface area contributed by atoms with Crippen LogP contribution in [0.5, 0.6) is 5.75 Å². The minimum atomic E-state index is -1.36. The van der Waals surface area contributed by atoms with E-state index in [2.05, 4.69) is 19.1 Å². The molecule has 1 aromatic carbocycles. The Morgan fingerprint density at radius 3 is 2.17 bits per heavy atom. The van der Waals surface area contributed by atoms with Gasteiger partial charge in [0.15, 0.2) is 0 Å². The van der Waals surface area contributed by atoms with Crippen molar-refractivity contribution in [2.24, 2.45) is 0 Å². The summed E-state index contributed by atoms with van der Waals surface area (Å²) in [6, 6.07) is 8.06. The maximum Gasteiger partial charge on any atom is 0.284 e. The lowest BCUT2D eigenvalue weighted by Gasteiger charge is -2.06. The molecule has 4 heteroatoms.